The quantitative estimate of drug-likeness (QED) is 0.639. The molecule has 2 amide bonds. The summed E-state index contributed by atoms with van der Waals surface area (Å²) >= 11 is 0. The fourth-order valence-corrected chi connectivity index (χ4v) is 3.80. The zero-order valence-electron chi connectivity index (χ0n) is 9.11. The van der Waals surface area contributed by atoms with Crippen molar-refractivity contribution in [3.8, 4) is 0 Å². The molecule has 2 bridgehead atoms. The summed E-state index contributed by atoms with van der Waals surface area (Å²) in [4.78, 5) is 24.1. The first kappa shape index (κ1) is 9.93. The van der Waals surface area contributed by atoms with Gasteiger partial charge in [-0.1, -0.05) is 0 Å². The van der Waals surface area contributed by atoms with Crippen molar-refractivity contribution in [1.82, 2.24) is 10.2 Å². The predicted octanol–water partition coefficient (Wildman–Crippen LogP) is 0.797. The normalized spacial score (nSPS) is 41.5. The SMILES string of the molecule is O=C1CC2(CN1)CC1CCC(C2)N1C(=O)O. The lowest BCUT2D eigenvalue weighted by Crippen LogP contribution is -2.50. The van der Waals surface area contributed by atoms with Gasteiger partial charge >= 0.3 is 6.09 Å². The number of nitrogens with one attached hydrogen (secondary N) is 1. The van der Waals surface area contributed by atoms with Crippen LogP contribution in [-0.2, 0) is 4.79 Å². The molecular weight excluding hydrogens is 208 g/mol. The summed E-state index contributed by atoms with van der Waals surface area (Å²) in [5.41, 5.74) is 0.0505. The van der Waals surface area contributed by atoms with Gasteiger partial charge in [0.15, 0.2) is 0 Å². The minimum absolute atomic E-state index is 0.0505. The average Bonchev–Trinajstić information content (AvgIpc) is 2.68. The van der Waals surface area contributed by atoms with E-state index in [2.05, 4.69) is 5.32 Å². The van der Waals surface area contributed by atoms with Gasteiger partial charge in [-0.15, -0.1) is 0 Å². The van der Waals surface area contributed by atoms with Crippen molar-refractivity contribution >= 4 is 12.0 Å². The van der Waals surface area contributed by atoms with Gasteiger partial charge in [-0.2, -0.15) is 0 Å². The van der Waals surface area contributed by atoms with Crippen molar-refractivity contribution in [2.45, 2.75) is 44.2 Å². The molecule has 3 saturated heterocycles. The molecule has 0 radical (unpaired) electrons. The van der Waals surface area contributed by atoms with Gasteiger partial charge in [-0.25, -0.2) is 4.79 Å². The number of amides is 2. The van der Waals surface area contributed by atoms with E-state index in [4.69, 9.17) is 5.11 Å². The van der Waals surface area contributed by atoms with Crippen LogP contribution in [-0.4, -0.2) is 40.6 Å². The number of rotatable bonds is 0. The second kappa shape index (κ2) is 3.12. The van der Waals surface area contributed by atoms with Gasteiger partial charge in [0.05, 0.1) is 0 Å². The first-order valence-electron chi connectivity index (χ1n) is 5.88. The van der Waals surface area contributed by atoms with Gasteiger partial charge in [-0.05, 0) is 25.7 Å². The molecule has 3 rings (SSSR count). The fourth-order valence-electron chi connectivity index (χ4n) is 3.80. The third kappa shape index (κ3) is 1.30. The molecule has 3 aliphatic heterocycles. The van der Waals surface area contributed by atoms with Crippen molar-refractivity contribution in [3.05, 3.63) is 0 Å². The van der Waals surface area contributed by atoms with Gasteiger partial charge in [0, 0.05) is 30.5 Å². The summed E-state index contributed by atoms with van der Waals surface area (Å²) < 4.78 is 0. The molecule has 0 aromatic heterocycles. The Labute approximate surface area is 93.8 Å². The molecule has 0 saturated carbocycles. The highest BCUT2D eigenvalue weighted by Gasteiger charge is 2.52. The van der Waals surface area contributed by atoms with Crippen LogP contribution in [0.25, 0.3) is 0 Å². The summed E-state index contributed by atoms with van der Waals surface area (Å²) in [7, 11) is 0. The molecule has 0 aromatic carbocycles. The number of hydrogen-bond donors (Lipinski definition) is 2. The van der Waals surface area contributed by atoms with Crippen LogP contribution in [0.4, 0.5) is 4.79 Å². The lowest BCUT2D eigenvalue weighted by atomic mass is 9.74. The lowest BCUT2D eigenvalue weighted by molar-refractivity contribution is -0.119. The van der Waals surface area contributed by atoms with Crippen LogP contribution < -0.4 is 5.32 Å². The van der Waals surface area contributed by atoms with Gasteiger partial charge in [0.1, 0.15) is 0 Å². The molecular formula is C11H16N2O3. The summed E-state index contributed by atoms with van der Waals surface area (Å²) in [5.74, 6) is 0.128. The molecule has 2 N–H and O–H groups in total. The second-order valence-corrected chi connectivity index (χ2v) is 5.44. The first-order chi connectivity index (χ1) is 7.60. The standard InChI is InChI=1S/C11H16N2O3/c14-9-5-11(6-12-9)3-7-1-2-8(4-11)13(7)10(15)16/h7-8H,1-6H2,(H,12,14)(H,15,16). The molecule has 3 aliphatic rings. The molecule has 88 valence electrons. The maximum Gasteiger partial charge on any atom is 0.407 e. The van der Waals surface area contributed by atoms with E-state index in [0.717, 1.165) is 32.2 Å². The maximum atomic E-state index is 11.3. The topological polar surface area (TPSA) is 69.6 Å². The Morgan fingerprint density at radius 1 is 1.38 bits per heavy atom. The molecule has 5 nitrogen and oxygen atoms in total. The zero-order valence-corrected chi connectivity index (χ0v) is 9.11. The minimum Gasteiger partial charge on any atom is -0.465 e. The molecule has 2 unspecified atom stereocenters. The highest BCUT2D eigenvalue weighted by atomic mass is 16.4. The molecule has 5 heteroatoms. The Balaban J connectivity index is 1.82. The molecule has 3 heterocycles. The monoisotopic (exact) mass is 224 g/mol. The van der Waals surface area contributed by atoms with Crippen LogP contribution in [0.15, 0.2) is 0 Å². The Kier molecular flexibility index (Phi) is 1.94. The lowest BCUT2D eigenvalue weighted by Gasteiger charge is -2.42. The number of carbonyl (C=O) groups excluding carboxylic acids is 1. The number of hydrogen-bond acceptors (Lipinski definition) is 2. The Hall–Kier alpha value is -1.26. The van der Waals surface area contributed by atoms with E-state index in [1.807, 2.05) is 0 Å². The maximum absolute atomic E-state index is 11.3. The minimum atomic E-state index is -0.792. The van der Waals surface area contributed by atoms with Gasteiger partial charge in [0.25, 0.3) is 0 Å². The Morgan fingerprint density at radius 2 is 2.00 bits per heavy atom. The van der Waals surface area contributed by atoms with E-state index >= 15 is 0 Å². The van der Waals surface area contributed by atoms with Gasteiger partial charge in [-0.3, -0.25) is 4.79 Å². The number of carbonyl (C=O) groups is 2. The average molecular weight is 224 g/mol. The Bertz CT molecular complexity index is 341. The predicted molar refractivity (Wildman–Crippen MR) is 56.0 cm³/mol. The van der Waals surface area contributed by atoms with Crippen LogP contribution in [0.2, 0.25) is 0 Å². The number of fused-ring (bicyclic) bond motifs is 2. The van der Waals surface area contributed by atoms with E-state index in [9.17, 15) is 9.59 Å². The summed E-state index contributed by atoms with van der Waals surface area (Å²) in [5, 5.41) is 12.0. The van der Waals surface area contributed by atoms with Crippen molar-refractivity contribution < 1.29 is 14.7 Å². The molecule has 2 atom stereocenters. The number of piperidine rings is 1. The fraction of sp³-hybridized carbons (Fsp3) is 0.818. The Morgan fingerprint density at radius 3 is 2.44 bits per heavy atom. The van der Waals surface area contributed by atoms with Crippen LogP contribution in [0.5, 0.6) is 0 Å². The van der Waals surface area contributed by atoms with Crippen molar-refractivity contribution in [1.29, 1.82) is 0 Å². The molecule has 3 fully saturated rings. The van der Waals surface area contributed by atoms with E-state index in [-0.39, 0.29) is 23.4 Å². The van der Waals surface area contributed by atoms with Crippen molar-refractivity contribution in [2.24, 2.45) is 5.41 Å². The van der Waals surface area contributed by atoms with Gasteiger partial charge in [0.2, 0.25) is 5.91 Å². The summed E-state index contributed by atoms with van der Waals surface area (Å²) in [6.45, 7) is 0.742. The van der Waals surface area contributed by atoms with E-state index < -0.39 is 6.09 Å². The van der Waals surface area contributed by atoms with E-state index in [1.54, 1.807) is 4.90 Å². The molecule has 1 spiro atoms. The highest BCUT2D eigenvalue weighted by Crippen LogP contribution is 2.48. The smallest absolute Gasteiger partial charge is 0.407 e. The van der Waals surface area contributed by atoms with Crippen molar-refractivity contribution in [3.63, 3.8) is 0 Å². The molecule has 0 aromatic rings. The molecule has 16 heavy (non-hydrogen) atoms. The first-order valence-corrected chi connectivity index (χ1v) is 5.88. The summed E-state index contributed by atoms with van der Waals surface area (Å²) in [6, 6.07) is 0.285. The van der Waals surface area contributed by atoms with Crippen LogP contribution in [0, 0.1) is 5.41 Å². The van der Waals surface area contributed by atoms with E-state index in [1.165, 1.54) is 0 Å². The van der Waals surface area contributed by atoms with E-state index in [0.29, 0.717) is 6.42 Å². The third-order valence-electron chi connectivity index (χ3n) is 4.37. The largest absolute Gasteiger partial charge is 0.465 e. The van der Waals surface area contributed by atoms with Crippen LogP contribution in [0.1, 0.15) is 32.1 Å². The van der Waals surface area contributed by atoms with Crippen molar-refractivity contribution in [2.75, 3.05) is 6.54 Å². The van der Waals surface area contributed by atoms with Gasteiger partial charge < -0.3 is 15.3 Å². The third-order valence-corrected chi connectivity index (χ3v) is 4.37. The zero-order chi connectivity index (χ0) is 11.3. The molecule has 0 aliphatic carbocycles. The second-order valence-electron chi connectivity index (χ2n) is 5.44. The summed E-state index contributed by atoms with van der Waals surface area (Å²) in [6.07, 6.45) is 3.44. The van der Waals surface area contributed by atoms with Crippen LogP contribution in [0.3, 0.4) is 0 Å². The number of nitrogens with zero attached hydrogens (tertiary/aromatic N) is 1. The highest BCUT2D eigenvalue weighted by molar-refractivity contribution is 5.79. The number of carboxylic acid groups (broad SMARTS) is 1. The van der Waals surface area contributed by atoms with Crippen LogP contribution >= 0.6 is 0 Å².